The molecule has 0 saturated heterocycles. The van der Waals surface area contributed by atoms with Crippen LogP contribution in [0.25, 0.3) is 10.7 Å². The highest BCUT2D eigenvalue weighted by Gasteiger charge is 2.17. The van der Waals surface area contributed by atoms with E-state index in [9.17, 15) is 10.1 Å². The molecule has 2 heterocycles. The van der Waals surface area contributed by atoms with Crippen LogP contribution in [0.3, 0.4) is 0 Å². The summed E-state index contributed by atoms with van der Waals surface area (Å²) in [5.74, 6) is 1.22. The number of nitro groups is 1. The van der Waals surface area contributed by atoms with Crippen molar-refractivity contribution in [3.05, 3.63) is 56.4 Å². The van der Waals surface area contributed by atoms with Gasteiger partial charge in [0, 0.05) is 23.9 Å². The fourth-order valence-electron chi connectivity index (χ4n) is 2.25. The molecular formula is C15H13ClN4O2S2. The fraction of sp³-hybridized carbons (Fsp3) is 0.200. The van der Waals surface area contributed by atoms with Crippen molar-refractivity contribution in [2.75, 3.05) is 0 Å². The zero-order valence-electron chi connectivity index (χ0n) is 12.7. The van der Waals surface area contributed by atoms with Gasteiger partial charge in [-0.1, -0.05) is 41.6 Å². The van der Waals surface area contributed by atoms with E-state index < -0.39 is 0 Å². The average molecular weight is 381 g/mol. The molecule has 1 aromatic carbocycles. The third kappa shape index (κ3) is 3.45. The van der Waals surface area contributed by atoms with E-state index in [0.29, 0.717) is 22.2 Å². The molecule has 0 unspecified atom stereocenters. The number of aromatic nitrogens is 3. The molecule has 0 N–H and O–H groups in total. The molecule has 3 rings (SSSR count). The summed E-state index contributed by atoms with van der Waals surface area (Å²) in [6.07, 6.45) is 0. The third-order valence-corrected chi connectivity index (χ3v) is 5.61. The Kier molecular flexibility index (Phi) is 5.17. The number of hydrogen-bond donors (Lipinski definition) is 0. The van der Waals surface area contributed by atoms with Gasteiger partial charge in [-0.2, -0.15) is 0 Å². The maximum absolute atomic E-state index is 11.1. The van der Waals surface area contributed by atoms with Crippen LogP contribution in [0.1, 0.15) is 12.5 Å². The average Bonchev–Trinajstić information content (AvgIpc) is 3.18. The monoisotopic (exact) mass is 380 g/mol. The fourth-order valence-corrected chi connectivity index (χ4v) is 4.29. The van der Waals surface area contributed by atoms with Gasteiger partial charge in [-0.05, 0) is 19.1 Å². The molecule has 0 saturated carbocycles. The zero-order chi connectivity index (χ0) is 17.1. The molecular weight excluding hydrogens is 368 g/mol. The molecule has 0 aliphatic carbocycles. The second-order valence-electron chi connectivity index (χ2n) is 4.83. The molecule has 6 nitrogen and oxygen atoms in total. The summed E-state index contributed by atoms with van der Waals surface area (Å²) in [6.45, 7) is 2.72. The molecule has 0 aliphatic rings. The lowest BCUT2D eigenvalue weighted by molar-refractivity contribution is -0.385. The van der Waals surface area contributed by atoms with Crippen molar-refractivity contribution in [1.29, 1.82) is 0 Å². The Morgan fingerprint density at radius 1 is 1.29 bits per heavy atom. The Balaban J connectivity index is 1.84. The van der Waals surface area contributed by atoms with Crippen LogP contribution in [-0.4, -0.2) is 19.7 Å². The zero-order valence-corrected chi connectivity index (χ0v) is 15.1. The first-order valence-corrected chi connectivity index (χ1v) is 9.32. The molecule has 0 atom stereocenters. The van der Waals surface area contributed by atoms with Gasteiger partial charge in [0.25, 0.3) is 5.69 Å². The van der Waals surface area contributed by atoms with Gasteiger partial charge in [0.05, 0.1) is 14.1 Å². The summed E-state index contributed by atoms with van der Waals surface area (Å²) in [5, 5.41) is 20.3. The van der Waals surface area contributed by atoms with Crippen molar-refractivity contribution in [3.8, 4) is 10.7 Å². The summed E-state index contributed by atoms with van der Waals surface area (Å²) in [7, 11) is 0. The lowest BCUT2D eigenvalue weighted by Gasteiger charge is -2.06. The van der Waals surface area contributed by atoms with Crippen molar-refractivity contribution in [2.24, 2.45) is 0 Å². The number of rotatable bonds is 6. The van der Waals surface area contributed by atoms with Crippen molar-refractivity contribution in [3.63, 3.8) is 0 Å². The summed E-state index contributed by atoms with van der Waals surface area (Å²) < 4.78 is 2.69. The minimum Gasteiger partial charge on any atom is -0.302 e. The van der Waals surface area contributed by atoms with Crippen LogP contribution in [0.2, 0.25) is 4.34 Å². The Bertz CT molecular complexity index is 878. The van der Waals surface area contributed by atoms with E-state index in [0.717, 1.165) is 15.9 Å². The van der Waals surface area contributed by atoms with Crippen LogP contribution in [0.15, 0.2) is 41.6 Å². The normalized spacial score (nSPS) is 10.9. The number of para-hydroxylation sites is 1. The highest BCUT2D eigenvalue weighted by Crippen LogP contribution is 2.33. The number of nitro benzene ring substituents is 1. The van der Waals surface area contributed by atoms with E-state index in [2.05, 4.69) is 10.2 Å². The lowest BCUT2D eigenvalue weighted by atomic mass is 10.2. The smallest absolute Gasteiger partial charge is 0.273 e. The summed E-state index contributed by atoms with van der Waals surface area (Å²) >= 11 is 8.88. The third-order valence-electron chi connectivity index (χ3n) is 3.37. The van der Waals surface area contributed by atoms with Crippen LogP contribution >= 0.6 is 34.7 Å². The Morgan fingerprint density at radius 3 is 2.75 bits per heavy atom. The number of halogens is 1. The van der Waals surface area contributed by atoms with Crippen molar-refractivity contribution >= 4 is 40.4 Å². The minimum absolute atomic E-state index is 0.123. The van der Waals surface area contributed by atoms with Gasteiger partial charge in [-0.15, -0.1) is 21.5 Å². The lowest BCUT2D eigenvalue weighted by Crippen LogP contribution is -1.99. The van der Waals surface area contributed by atoms with E-state index >= 15 is 0 Å². The largest absolute Gasteiger partial charge is 0.302 e. The maximum atomic E-state index is 11.1. The first-order valence-electron chi connectivity index (χ1n) is 7.14. The van der Waals surface area contributed by atoms with Crippen LogP contribution in [0.4, 0.5) is 5.69 Å². The number of thiophene rings is 1. The predicted molar refractivity (Wildman–Crippen MR) is 96.7 cm³/mol. The number of thioether (sulfide) groups is 1. The van der Waals surface area contributed by atoms with Crippen LogP contribution in [0, 0.1) is 10.1 Å². The van der Waals surface area contributed by atoms with Crippen LogP contribution < -0.4 is 0 Å². The number of benzene rings is 1. The summed E-state index contributed by atoms with van der Waals surface area (Å²) in [4.78, 5) is 11.7. The van der Waals surface area contributed by atoms with Crippen molar-refractivity contribution in [2.45, 2.75) is 24.4 Å². The summed E-state index contributed by atoms with van der Waals surface area (Å²) in [6, 6.07) is 10.5. The molecule has 0 radical (unpaired) electrons. The van der Waals surface area contributed by atoms with Gasteiger partial charge >= 0.3 is 0 Å². The quantitative estimate of drug-likeness (QED) is 0.346. The van der Waals surface area contributed by atoms with E-state index in [4.69, 9.17) is 11.6 Å². The van der Waals surface area contributed by atoms with E-state index in [1.54, 1.807) is 18.2 Å². The molecule has 0 fully saturated rings. The highest BCUT2D eigenvalue weighted by atomic mass is 35.5. The van der Waals surface area contributed by atoms with Gasteiger partial charge in [-0.25, -0.2) is 0 Å². The predicted octanol–water partition coefficient (Wildman–Crippen LogP) is 4.88. The first kappa shape index (κ1) is 16.9. The van der Waals surface area contributed by atoms with Gasteiger partial charge in [-0.3, -0.25) is 10.1 Å². The number of hydrogen-bond acceptors (Lipinski definition) is 6. The van der Waals surface area contributed by atoms with Gasteiger partial charge in [0.15, 0.2) is 11.0 Å². The topological polar surface area (TPSA) is 73.8 Å². The highest BCUT2D eigenvalue weighted by molar-refractivity contribution is 7.98. The minimum atomic E-state index is -0.362. The molecule has 24 heavy (non-hydrogen) atoms. The molecule has 9 heteroatoms. The van der Waals surface area contributed by atoms with E-state index in [-0.39, 0.29) is 10.6 Å². The summed E-state index contributed by atoms with van der Waals surface area (Å²) in [5.41, 5.74) is 0.789. The van der Waals surface area contributed by atoms with E-state index in [1.165, 1.54) is 29.2 Å². The number of nitrogens with zero attached hydrogens (tertiary/aromatic N) is 4. The van der Waals surface area contributed by atoms with Gasteiger partial charge in [0.2, 0.25) is 0 Å². The van der Waals surface area contributed by atoms with Crippen LogP contribution in [0.5, 0.6) is 0 Å². The Morgan fingerprint density at radius 2 is 2.08 bits per heavy atom. The molecule has 3 aromatic rings. The molecule has 2 aromatic heterocycles. The van der Waals surface area contributed by atoms with Gasteiger partial charge in [0.1, 0.15) is 0 Å². The maximum Gasteiger partial charge on any atom is 0.273 e. The van der Waals surface area contributed by atoms with Crippen LogP contribution in [-0.2, 0) is 12.3 Å². The van der Waals surface area contributed by atoms with Crippen molar-refractivity contribution < 1.29 is 4.92 Å². The van der Waals surface area contributed by atoms with E-state index in [1.807, 2.05) is 23.6 Å². The molecule has 0 bridgehead atoms. The Labute approximate surface area is 151 Å². The SMILES string of the molecule is CCn1c(SCc2ccccc2[N+](=O)[O-])nnc1-c1ccc(Cl)s1. The van der Waals surface area contributed by atoms with Crippen molar-refractivity contribution in [1.82, 2.24) is 14.8 Å². The second kappa shape index (κ2) is 7.33. The molecule has 124 valence electrons. The molecule has 0 aliphatic heterocycles. The molecule has 0 amide bonds. The molecule has 0 spiro atoms. The standard InChI is InChI=1S/C15H13ClN4O2S2/c1-2-19-14(12-7-8-13(16)24-12)17-18-15(19)23-9-10-5-3-4-6-11(10)20(21)22/h3-8H,2,9H2,1H3. The van der Waals surface area contributed by atoms with Gasteiger partial charge < -0.3 is 4.57 Å². The first-order chi connectivity index (χ1) is 11.6. The second-order valence-corrected chi connectivity index (χ2v) is 7.49. The Hall–Kier alpha value is -1.90.